The molecule has 4 heteroatoms. The predicted molar refractivity (Wildman–Crippen MR) is 63.7 cm³/mol. The van der Waals surface area contributed by atoms with Gasteiger partial charge in [-0.1, -0.05) is 22.6 Å². The molecular formula is C9H13IN2O. The summed E-state index contributed by atoms with van der Waals surface area (Å²) in [4.78, 5) is 14.3. The van der Waals surface area contributed by atoms with Crippen LogP contribution in [0.15, 0.2) is 10.9 Å². The molecule has 0 aromatic carbocycles. The second-order valence-electron chi connectivity index (χ2n) is 2.84. The van der Waals surface area contributed by atoms with E-state index in [9.17, 15) is 4.79 Å². The van der Waals surface area contributed by atoms with Crippen LogP contribution in [0.1, 0.15) is 18.2 Å². The average molecular weight is 292 g/mol. The topological polar surface area (TPSA) is 44.9 Å². The molecule has 0 aliphatic rings. The first kappa shape index (κ1) is 10.6. The highest BCUT2D eigenvalue weighted by molar-refractivity contribution is 14.1. The molecule has 0 saturated heterocycles. The van der Waals surface area contributed by atoms with Crippen molar-refractivity contribution in [3.05, 3.63) is 27.7 Å². The maximum Gasteiger partial charge on any atom is 0.254 e. The quantitative estimate of drug-likeness (QED) is 0.661. The Bertz CT molecular complexity index is 346. The third-order valence-electron chi connectivity index (χ3n) is 1.77. The Hall–Kier alpha value is -0.520. The fourth-order valence-electron chi connectivity index (χ4n) is 1.20. The van der Waals surface area contributed by atoms with Gasteiger partial charge < -0.3 is 10.3 Å². The minimum atomic E-state index is 0.0188. The van der Waals surface area contributed by atoms with Gasteiger partial charge in [-0.05, 0) is 19.9 Å². The predicted octanol–water partition coefficient (Wildman–Crippen LogP) is 2.05. The fraction of sp³-hybridized carbons (Fsp3) is 0.444. The molecule has 0 aliphatic carbocycles. The lowest BCUT2D eigenvalue weighted by molar-refractivity contribution is 1.09. The van der Waals surface area contributed by atoms with Gasteiger partial charge in [0.2, 0.25) is 0 Å². The van der Waals surface area contributed by atoms with Crippen LogP contribution in [0.3, 0.4) is 0 Å². The van der Waals surface area contributed by atoms with Crippen molar-refractivity contribution < 1.29 is 0 Å². The first-order valence-electron chi connectivity index (χ1n) is 4.21. The van der Waals surface area contributed by atoms with E-state index < -0.39 is 0 Å². The number of rotatable bonds is 3. The highest BCUT2D eigenvalue weighted by Gasteiger charge is 2.05. The third-order valence-corrected chi connectivity index (χ3v) is 2.53. The van der Waals surface area contributed by atoms with Gasteiger partial charge in [0.25, 0.3) is 5.56 Å². The van der Waals surface area contributed by atoms with Crippen LogP contribution in [-0.4, -0.2) is 11.5 Å². The van der Waals surface area contributed by atoms with Gasteiger partial charge in [-0.3, -0.25) is 4.79 Å². The number of hydrogen-bond donors (Lipinski definition) is 2. The molecule has 1 aromatic rings. The first-order chi connectivity index (χ1) is 6.19. The zero-order chi connectivity index (χ0) is 9.84. The maximum absolute atomic E-state index is 11.5. The van der Waals surface area contributed by atoms with Gasteiger partial charge in [0.05, 0.1) is 5.56 Å². The van der Waals surface area contributed by atoms with Crippen LogP contribution in [0, 0.1) is 6.92 Å². The van der Waals surface area contributed by atoms with Crippen molar-refractivity contribution in [2.75, 3.05) is 11.9 Å². The lowest BCUT2D eigenvalue weighted by atomic mass is 10.2. The number of pyridine rings is 1. The number of halogens is 1. The Morgan fingerprint density at radius 3 is 2.85 bits per heavy atom. The summed E-state index contributed by atoms with van der Waals surface area (Å²) in [5.41, 5.74) is 2.70. The van der Waals surface area contributed by atoms with Crippen molar-refractivity contribution >= 4 is 28.3 Å². The number of anilines is 1. The SMILES string of the molecule is CCNc1cc(C)[nH]c(=O)c1CI. The lowest BCUT2D eigenvalue weighted by Crippen LogP contribution is -2.15. The molecule has 13 heavy (non-hydrogen) atoms. The number of H-pyrrole nitrogens is 1. The van der Waals surface area contributed by atoms with E-state index in [1.54, 1.807) is 0 Å². The van der Waals surface area contributed by atoms with E-state index in [2.05, 4.69) is 32.9 Å². The largest absolute Gasteiger partial charge is 0.385 e. The molecule has 0 saturated carbocycles. The van der Waals surface area contributed by atoms with Gasteiger partial charge in [-0.2, -0.15) is 0 Å². The van der Waals surface area contributed by atoms with Crippen molar-refractivity contribution in [1.29, 1.82) is 0 Å². The third kappa shape index (κ3) is 2.46. The molecule has 0 unspecified atom stereocenters. The lowest BCUT2D eigenvalue weighted by Gasteiger charge is -2.08. The van der Waals surface area contributed by atoms with Crippen LogP contribution in [0.4, 0.5) is 5.69 Å². The summed E-state index contributed by atoms with van der Waals surface area (Å²) in [5, 5.41) is 3.18. The number of aromatic amines is 1. The molecule has 0 aliphatic heterocycles. The summed E-state index contributed by atoms with van der Waals surface area (Å²) < 4.78 is 0.732. The number of nitrogens with one attached hydrogen (secondary N) is 2. The molecule has 0 amide bonds. The monoisotopic (exact) mass is 292 g/mol. The standard InChI is InChI=1S/C9H13IN2O/c1-3-11-8-4-6(2)12-9(13)7(8)5-10/h4H,3,5H2,1-2H3,(H2,11,12,13). The summed E-state index contributed by atoms with van der Waals surface area (Å²) in [6.07, 6.45) is 0. The second kappa shape index (κ2) is 4.64. The summed E-state index contributed by atoms with van der Waals surface area (Å²) >= 11 is 2.20. The fourth-order valence-corrected chi connectivity index (χ4v) is 1.95. The van der Waals surface area contributed by atoms with Gasteiger partial charge in [0, 0.05) is 22.4 Å². The Morgan fingerprint density at radius 1 is 1.62 bits per heavy atom. The Morgan fingerprint density at radius 2 is 2.31 bits per heavy atom. The van der Waals surface area contributed by atoms with Crippen LogP contribution < -0.4 is 10.9 Å². The highest BCUT2D eigenvalue weighted by Crippen LogP contribution is 2.14. The molecule has 3 nitrogen and oxygen atoms in total. The van der Waals surface area contributed by atoms with Gasteiger partial charge in [0.1, 0.15) is 0 Å². The second-order valence-corrected chi connectivity index (χ2v) is 3.60. The maximum atomic E-state index is 11.5. The van der Waals surface area contributed by atoms with E-state index in [-0.39, 0.29) is 5.56 Å². The van der Waals surface area contributed by atoms with E-state index >= 15 is 0 Å². The van der Waals surface area contributed by atoms with Crippen LogP contribution >= 0.6 is 22.6 Å². The van der Waals surface area contributed by atoms with Crippen molar-refractivity contribution in [3.8, 4) is 0 Å². The Kier molecular flexibility index (Phi) is 3.77. The van der Waals surface area contributed by atoms with Crippen molar-refractivity contribution in [2.45, 2.75) is 18.3 Å². The minimum Gasteiger partial charge on any atom is -0.385 e. The van der Waals surface area contributed by atoms with Gasteiger partial charge in [-0.15, -0.1) is 0 Å². The molecule has 1 aromatic heterocycles. The summed E-state index contributed by atoms with van der Waals surface area (Å²) in [6, 6.07) is 1.97. The van der Waals surface area contributed by atoms with Gasteiger partial charge >= 0.3 is 0 Å². The number of aryl methyl sites for hydroxylation is 1. The molecule has 0 fully saturated rings. The highest BCUT2D eigenvalue weighted by atomic mass is 127. The normalized spacial score (nSPS) is 10.1. The van der Waals surface area contributed by atoms with Crippen LogP contribution in [0.5, 0.6) is 0 Å². The van der Waals surface area contributed by atoms with Crippen molar-refractivity contribution in [1.82, 2.24) is 4.98 Å². The number of aromatic nitrogens is 1. The zero-order valence-corrected chi connectivity index (χ0v) is 9.94. The summed E-state index contributed by atoms with van der Waals surface area (Å²) in [6.45, 7) is 4.75. The smallest absolute Gasteiger partial charge is 0.254 e. The average Bonchev–Trinajstić information content (AvgIpc) is 2.04. The Labute approximate surface area is 91.1 Å². The molecule has 1 heterocycles. The number of alkyl halides is 1. The van der Waals surface area contributed by atoms with Gasteiger partial charge in [-0.25, -0.2) is 0 Å². The summed E-state index contributed by atoms with van der Waals surface area (Å²) in [7, 11) is 0. The van der Waals surface area contributed by atoms with Crippen LogP contribution in [0.2, 0.25) is 0 Å². The molecule has 1 rings (SSSR count). The molecule has 72 valence electrons. The zero-order valence-electron chi connectivity index (χ0n) is 7.78. The minimum absolute atomic E-state index is 0.0188. The van der Waals surface area contributed by atoms with Crippen LogP contribution in [-0.2, 0) is 4.43 Å². The number of hydrogen-bond acceptors (Lipinski definition) is 2. The molecule has 0 radical (unpaired) electrons. The molecule has 0 atom stereocenters. The van der Waals surface area contributed by atoms with E-state index in [0.717, 1.165) is 27.9 Å². The molecule has 2 N–H and O–H groups in total. The van der Waals surface area contributed by atoms with Crippen molar-refractivity contribution in [3.63, 3.8) is 0 Å². The Balaban J connectivity index is 3.21. The van der Waals surface area contributed by atoms with Crippen molar-refractivity contribution in [2.24, 2.45) is 0 Å². The van der Waals surface area contributed by atoms with E-state index in [1.165, 1.54) is 0 Å². The van der Waals surface area contributed by atoms with E-state index in [0.29, 0.717) is 0 Å². The summed E-state index contributed by atoms with van der Waals surface area (Å²) in [5.74, 6) is 0. The van der Waals surface area contributed by atoms with Gasteiger partial charge in [0.15, 0.2) is 0 Å². The first-order valence-corrected chi connectivity index (χ1v) is 5.74. The molecule has 0 bridgehead atoms. The van der Waals surface area contributed by atoms with E-state index in [4.69, 9.17) is 0 Å². The molecular weight excluding hydrogens is 279 g/mol. The van der Waals surface area contributed by atoms with Crippen LogP contribution in [0.25, 0.3) is 0 Å². The van der Waals surface area contributed by atoms with E-state index in [1.807, 2.05) is 19.9 Å². The molecule has 0 spiro atoms.